The first-order valence-corrected chi connectivity index (χ1v) is 4.87. The predicted molar refractivity (Wildman–Crippen MR) is 51.3 cm³/mol. The lowest BCUT2D eigenvalue weighted by Gasteiger charge is -2.23. The van der Waals surface area contributed by atoms with E-state index in [4.69, 9.17) is 5.11 Å². The van der Waals surface area contributed by atoms with Crippen molar-refractivity contribution in [2.45, 2.75) is 25.4 Å². The molecule has 0 spiro atoms. The summed E-state index contributed by atoms with van der Waals surface area (Å²) in [6.45, 7) is 0.323. The number of carboxylic acid groups (broad SMARTS) is 2. The maximum absolute atomic E-state index is 11.4. The number of aliphatic carboxylic acids is 2. The second kappa shape index (κ2) is 7.22. The Labute approximate surface area is 102 Å². The number of carbonyl (C=O) groups is 4. The lowest BCUT2D eigenvalue weighted by molar-refractivity contribution is -0.317. The van der Waals surface area contributed by atoms with E-state index in [1.165, 1.54) is 0 Å². The molecule has 0 unspecified atom stereocenters. The Morgan fingerprint density at radius 1 is 1.11 bits per heavy atom. The fourth-order valence-electron chi connectivity index (χ4n) is 1.07. The highest BCUT2D eigenvalue weighted by molar-refractivity contribution is 5.90. The molecular formula is C9H12N2O7-2. The summed E-state index contributed by atoms with van der Waals surface area (Å²) in [6, 6.07) is -3.17. The molecule has 0 heterocycles. The van der Waals surface area contributed by atoms with Crippen LogP contribution in [0.3, 0.4) is 0 Å². The minimum atomic E-state index is -1.81. The Morgan fingerprint density at radius 3 is 2.00 bits per heavy atom. The second-order valence-corrected chi connectivity index (χ2v) is 3.39. The first-order chi connectivity index (χ1) is 8.27. The van der Waals surface area contributed by atoms with E-state index in [1.54, 1.807) is 0 Å². The van der Waals surface area contributed by atoms with Gasteiger partial charge >= 0.3 is 0 Å². The molecule has 2 atom stereocenters. The Kier molecular flexibility index (Phi) is 6.35. The van der Waals surface area contributed by atoms with Gasteiger partial charge in [0.15, 0.2) is 0 Å². The van der Waals surface area contributed by atoms with Crippen LogP contribution in [0.15, 0.2) is 0 Å². The smallest absolute Gasteiger partial charge is 0.245 e. The molecule has 102 valence electrons. The predicted octanol–water partition coefficient (Wildman–Crippen LogP) is -5.14. The number of carbonyl (C=O) groups excluding carboxylic acids is 4. The number of aliphatic hydroxyl groups is 1. The fourth-order valence-corrected chi connectivity index (χ4v) is 1.07. The first-order valence-electron chi connectivity index (χ1n) is 4.87. The monoisotopic (exact) mass is 260 g/mol. The van der Waals surface area contributed by atoms with Crippen molar-refractivity contribution in [3.8, 4) is 0 Å². The van der Waals surface area contributed by atoms with Crippen molar-refractivity contribution in [2.75, 3.05) is 6.61 Å². The van der Waals surface area contributed by atoms with Gasteiger partial charge in [0.1, 0.15) is 6.04 Å². The van der Waals surface area contributed by atoms with Gasteiger partial charge in [-0.15, -0.1) is 0 Å². The number of nitrogens with one attached hydrogen (secondary N) is 2. The molecule has 0 saturated heterocycles. The Morgan fingerprint density at radius 2 is 1.67 bits per heavy atom. The molecule has 0 aliphatic rings. The van der Waals surface area contributed by atoms with Crippen LogP contribution in [-0.2, 0) is 19.2 Å². The summed E-state index contributed by atoms with van der Waals surface area (Å²) in [6.07, 6.45) is -0.980. The van der Waals surface area contributed by atoms with Crippen LogP contribution in [-0.4, -0.2) is 47.6 Å². The fraction of sp³-hybridized carbons (Fsp3) is 0.556. The van der Waals surface area contributed by atoms with Crippen molar-refractivity contribution in [1.29, 1.82) is 0 Å². The molecule has 18 heavy (non-hydrogen) atoms. The zero-order chi connectivity index (χ0) is 14.3. The summed E-state index contributed by atoms with van der Waals surface area (Å²) in [4.78, 5) is 42.9. The maximum Gasteiger partial charge on any atom is 0.245 e. The van der Waals surface area contributed by atoms with Crippen LogP contribution in [0.4, 0.5) is 0 Å². The van der Waals surface area contributed by atoms with Crippen molar-refractivity contribution in [3.05, 3.63) is 0 Å². The van der Waals surface area contributed by atoms with E-state index in [-0.39, 0.29) is 0 Å². The van der Waals surface area contributed by atoms with E-state index in [9.17, 15) is 29.4 Å². The largest absolute Gasteiger partial charge is 0.550 e. The lowest BCUT2D eigenvalue weighted by atomic mass is 10.2. The van der Waals surface area contributed by atoms with E-state index >= 15 is 0 Å². The van der Waals surface area contributed by atoms with Gasteiger partial charge in [0.05, 0.1) is 18.6 Å². The molecule has 2 amide bonds. The van der Waals surface area contributed by atoms with Crippen LogP contribution in [0.2, 0.25) is 0 Å². The molecule has 0 fully saturated rings. The van der Waals surface area contributed by atoms with Gasteiger partial charge in [0.2, 0.25) is 11.8 Å². The number of aliphatic hydroxyl groups excluding tert-OH is 1. The number of rotatable bonds is 7. The lowest BCUT2D eigenvalue weighted by Crippen LogP contribution is -2.56. The summed E-state index contributed by atoms with van der Waals surface area (Å²) >= 11 is 0. The number of hydrogen-bond donors (Lipinski definition) is 3. The highest BCUT2D eigenvalue weighted by Gasteiger charge is 2.22. The zero-order valence-corrected chi connectivity index (χ0v) is 9.47. The average Bonchev–Trinajstić information content (AvgIpc) is 2.23. The summed E-state index contributed by atoms with van der Waals surface area (Å²) in [5.74, 6) is -5.16. The van der Waals surface area contributed by atoms with E-state index in [2.05, 4.69) is 0 Å². The van der Waals surface area contributed by atoms with Gasteiger partial charge in [-0.3, -0.25) is 9.59 Å². The van der Waals surface area contributed by atoms with E-state index in [0.29, 0.717) is 0 Å². The quantitative estimate of drug-likeness (QED) is 0.412. The SMILES string of the molecule is CC(=O)N[C@@H](CO)C(=O)N[C@@H](CC(=O)[O-])C(=O)[O-]. The number of hydrogen-bond acceptors (Lipinski definition) is 7. The molecular weight excluding hydrogens is 248 g/mol. The Bertz CT molecular complexity index is 355. The standard InChI is InChI=1S/C9H14N2O7/c1-4(13)10-6(3-12)8(16)11-5(9(17)18)2-7(14)15/h5-6,12H,2-3H2,1H3,(H,10,13)(H,11,16)(H,14,15)(H,17,18)/p-2/t5-,6-/m0/s1. The van der Waals surface area contributed by atoms with E-state index < -0.39 is 48.9 Å². The van der Waals surface area contributed by atoms with Gasteiger partial charge in [-0.25, -0.2) is 0 Å². The minimum absolute atomic E-state index is 0.617. The third-order valence-electron chi connectivity index (χ3n) is 1.85. The van der Waals surface area contributed by atoms with Gasteiger partial charge in [-0.05, 0) is 0 Å². The van der Waals surface area contributed by atoms with Gasteiger partial charge in [-0.2, -0.15) is 0 Å². The van der Waals surface area contributed by atoms with E-state index in [1.807, 2.05) is 10.6 Å². The molecule has 0 aliphatic carbocycles. The maximum atomic E-state index is 11.4. The molecule has 0 radical (unpaired) electrons. The third-order valence-corrected chi connectivity index (χ3v) is 1.85. The molecule has 0 aliphatic heterocycles. The normalized spacial score (nSPS) is 13.2. The highest BCUT2D eigenvalue weighted by Crippen LogP contribution is 1.92. The molecule has 0 aromatic carbocycles. The van der Waals surface area contributed by atoms with Crippen molar-refractivity contribution in [1.82, 2.24) is 10.6 Å². The molecule has 0 aromatic heterocycles. The van der Waals surface area contributed by atoms with E-state index in [0.717, 1.165) is 6.92 Å². The topological polar surface area (TPSA) is 159 Å². The molecule has 9 nitrogen and oxygen atoms in total. The zero-order valence-electron chi connectivity index (χ0n) is 9.47. The summed E-state index contributed by atoms with van der Waals surface area (Å²) in [5.41, 5.74) is 0. The summed E-state index contributed by atoms with van der Waals surface area (Å²) in [7, 11) is 0. The van der Waals surface area contributed by atoms with Crippen molar-refractivity contribution < 1.29 is 34.5 Å². The molecule has 0 rings (SSSR count). The Balaban J connectivity index is 4.60. The molecule has 0 bridgehead atoms. The van der Waals surface area contributed by atoms with Crippen LogP contribution in [0.1, 0.15) is 13.3 Å². The summed E-state index contributed by atoms with van der Waals surface area (Å²) < 4.78 is 0. The van der Waals surface area contributed by atoms with Crippen LogP contribution < -0.4 is 20.8 Å². The third kappa shape index (κ3) is 5.80. The van der Waals surface area contributed by atoms with Crippen LogP contribution in [0.5, 0.6) is 0 Å². The number of carboxylic acids is 2. The van der Waals surface area contributed by atoms with Crippen LogP contribution in [0.25, 0.3) is 0 Å². The van der Waals surface area contributed by atoms with Crippen molar-refractivity contribution in [2.24, 2.45) is 0 Å². The van der Waals surface area contributed by atoms with Crippen LogP contribution >= 0.6 is 0 Å². The van der Waals surface area contributed by atoms with Gasteiger partial charge in [-0.1, -0.05) is 0 Å². The minimum Gasteiger partial charge on any atom is -0.550 e. The first kappa shape index (κ1) is 15.8. The molecule has 0 saturated carbocycles. The molecule has 9 heteroatoms. The van der Waals surface area contributed by atoms with Crippen molar-refractivity contribution >= 4 is 23.8 Å². The molecule has 0 aromatic rings. The van der Waals surface area contributed by atoms with Gasteiger partial charge in [0, 0.05) is 19.3 Å². The average molecular weight is 260 g/mol. The van der Waals surface area contributed by atoms with Gasteiger partial charge in [0.25, 0.3) is 0 Å². The summed E-state index contributed by atoms with van der Waals surface area (Å²) in [5, 5.41) is 33.4. The Hall–Kier alpha value is -2.16. The van der Waals surface area contributed by atoms with Crippen molar-refractivity contribution in [3.63, 3.8) is 0 Å². The highest BCUT2D eigenvalue weighted by atomic mass is 16.4. The second-order valence-electron chi connectivity index (χ2n) is 3.39. The molecule has 3 N–H and O–H groups in total. The van der Waals surface area contributed by atoms with Crippen LogP contribution in [0, 0.1) is 0 Å². The number of amides is 2. The van der Waals surface area contributed by atoms with Gasteiger partial charge < -0.3 is 35.5 Å².